The van der Waals surface area contributed by atoms with Crippen LogP contribution in [-0.2, 0) is 5.54 Å². The lowest BCUT2D eigenvalue weighted by molar-refractivity contribution is 0.0690. The van der Waals surface area contributed by atoms with E-state index in [4.69, 9.17) is 5.11 Å². The lowest BCUT2D eigenvalue weighted by atomic mass is 9.95. The molecule has 0 spiro atoms. The molecule has 5 heteroatoms. The van der Waals surface area contributed by atoms with Gasteiger partial charge in [-0.05, 0) is 39.4 Å². The quantitative estimate of drug-likeness (QED) is 0.763. The number of aromatic nitrogens is 2. The number of likely N-dealkylation sites (tertiary alicyclic amines) is 1. The summed E-state index contributed by atoms with van der Waals surface area (Å²) in [5.41, 5.74) is 0.882. The molecule has 1 fully saturated rings. The highest BCUT2D eigenvalue weighted by molar-refractivity contribution is 5.85. The van der Waals surface area contributed by atoms with Crippen molar-refractivity contribution >= 4 is 5.97 Å². The van der Waals surface area contributed by atoms with Crippen LogP contribution in [0.4, 0.5) is 0 Å². The summed E-state index contributed by atoms with van der Waals surface area (Å²) >= 11 is 0. The Morgan fingerprint density at radius 2 is 2.47 bits per heavy atom. The topological polar surface area (TPSA) is 69.2 Å². The molecule has 1 aliphatic rings. The second kappa shape index (κ2) is 3.34. The van der Waals surface area contributed by atoms with Crippen molar-refractivity contribution in [2.24, 2.45) is 0 Å². The molecule has 1 aliphatic heterocycles. The van der Waals surface area contributed by atoms with Gasteiger partial charge in [0, 0.05) is 0 Å². The van der Waals surface area contributed by atoms with Gasteiger partial charge in [0.05, 0.1) is 11.2 Å². The summed E-state index contributed by atoms with van der Waals surface area (Å²) in [5.74, 6) is -0.984. The monoisotopic (exact) mass is 209 g/mol. The summed E-state index contributed by atoms with van der Waals surface area (Å²) in [6.07, 6.45) is 2.17. The Bertz CT molecular complexity index is 388. The van der Waals surface area contributed by atoms with Crippen LogP contribution in [0.15, 0.2) is 6.07 Å². The maximum Gasteiger partial charge on any atom is 0.356 e. The number of hydrogen-bond donors (Lipinski definition) is 2. The molecule has 2 heterocycles. The van der Waals surface area contributed by atoms with Crippen LogP contribution in [0.25, 0.3) is 0 Å². The second-order valence-corrected chi connectivity index (χ2v) is 4.27. The third kappa shape index (κ3) is 1.52. The molecule has 82 valence electrons. The van der Waals surface area contributed by atoms with Gasteiger partial charge in [0.1, 0.15) is 0 Å². The number of nitrogens with zero attached hydrogens (tertiary/aromatic N) is 2. The second-order valence-electron chi connectivity index (χ2n) is 4.27. The van der Waals surface area contributed by atoms with Crippen LogP contribution in [0, 0.1) is 0 Å². The molecule has 0 aromatic carbocycles. The molecule has 1 saturated heterocycles. The molecule has 5 nitrogen and oxygen atoms in total. The Balaban J connectivity index is 2.32. The number of aromatic amines is 1. The number of carbonyl (C=O) groups is 1. The standard InChI is InChI=1S/C10H15N3O2/c1-10(4-3-5-13(10)2)8-6-7(9(14)15)11-12-8/h6H,3-5H2,1-2H3,(H,11,12)(H,14,15). The molecular weight excluding hydrogens is 194 g/mol. The highest BCUT2D eigenvalue weighted by atomic mass is 16.4. The number of H-pyrrole nitrogens is 1. The third-order valence-electron chi connectivity index (χ3n) is 3.38. The van der Waals surface area contributed by atoms with Gasteiger partial charge in [-0.2, -0.15) is 5.10 Å². The Morgan fingerprint density at radius 1 is 1.73 bits per heavy atom. The van der Waals surface area contributed by atoms with Gasteiger partial charge in [0.25, 0.3) is 0 Å². The largest absolute Gasteiger partial charge is 0.476 e. The molecule has 1 aromatic heterocycles. The normalized spacial score (nSPS) is 27.1. The lowest BCUT2D eigenvalue weighted by Gasteiger charge is -2.30. The molecule has 0 saturated carbocycles. The van der Waals surface area contributed by atoms with Crippen molar-refractivity contribution < 1.29 is 9.90 Å². The van der Waals surface area contributed by atoms with Gasteiger partial charge in [0.15, 0.2) is 5.69 Å². The summed E-state index contributed by atoms with van der Waals surface area (Å²) in [4.78, 5) is 12.9. The molecule has 0 radical (unpaired) electrons. The van der Waals surface area contributed by atoms with E-state index in [1.54, 1.807) is 6.07 Å². The molecule has 1 unspecified atom stereocenters. The summed E-state index contributed by atoms with van der Waals surface area (Å²) in [6.45, 7) is 3.15. The van der Waals surface area contributed by atoms with Crippen molar-refractivity contribution in [3.05, 3.63) is 17.5 Å². The molecule has 2 N–H and O–H groups in total. The van der Waals surface area contributed by atoms with Crippen molar-refractivity contribution in [3.63, 3.8) is 0 Å². The number of carboxylic acids is 1. The molecule has 0 bridgehead atoms. The van der Waals surface area contributed by atoms with Crippen molar-refractivity contribution in [1.82, 2.24) is 15.1 Å². The fraction of sp³-hybridized carbons (Fsp3) is 0.600. The van der Waals surface area contributed by atoms with Crippen LogP contribution in [0.2, 0.25) is 0 Å². The van der Waals surface area contributed by atoms with Gasteiger partial charge < -0.3 is 5.11 Å². The molecular formula is C10H15N3O2. The maximum absolute atomic E-state index is 10.7. The van der Waals surface area contributed by atoms with E-state index in [1.165, 1.54) is 0 Å². The molecule has 0 aliphatic carbocycles. The van der Waals surface area contributed by atoms with Crippen LogP contribution < -0.4 is 0 Å². The van der Waals surface area contributed by atoms with Gasteiger partial charge in [-0.3, -0.25) is 10.00 Å². The number of aromatic carboxylic acids is 1. The molecule has 15 heavy (non-hydrogen) atoms. The van der Waals surface area contributed by atoms with Gasteiger partial charge in [0.2, 0.25) is 0 Å². The van der Waals surface area contributed by atoms with Crippen LogP contribution in [0.1, 0.15) is 35.9 Å². The number of hydrogen-bond acceptors (Lipinski definition) is 3. The number of rotatable bonds is 2. The average Bonchev–Trinajstić information content (AvgIpc) is 2.75. The van der Waals surface area contributed by atoms with E-state index in [2.05, 4.69) is 22.0 Å². The number of carboxylic acid groups (broad SMARTS) is 1. The van der Waals surface area contributed by atoms with E-state index in [-0.39, 0.29) is 11.2 Å². The minimum Gasteiger partial charge on any atom is -0.476 e. The summed E-state index contributed by atoms with van der Waals surface area (Å²) < 4.78 is 0. The van der Waals surface area contributed by atoms with Gasteiger partial charge >= 0.3 is 5.97 Å². The van der Waals surface area contributed by atoms with Crippen LogP contribution in [0.3, 0.4) is 0 Å². The van der Waals surface area contributed by atoms with Crippen LogP contribution >= 0.6 is 0 Å². The zero-order chi connectivity index (χ0) is 11.1. The molecule has 2 rings (SSSR count). The number of nitrogens with one attached hydrogen (secondary N) is 1. The Kier molecular flexibility index (Phi) is 2.26. The SMILES string of the molecule is CN1CCCC1(C)c1cc(C(=O)O)n[nH]1. The van der Waals surface area contributed by atoms with Gasteiger partial charge in [-0.1, -0.05) is 0 Å². The van der Waals surface area contributed by atoms with Crippen molar-refractivity contribution in [2.45, 2.75) is 25.3 Å². The van der Waals surface area contributed by atoms with Crippen molar-refractivity contribution in [3.8, 4) is 0 Å². The minimum atomic E-state index is -0.984. The smallest absolute Gasteiger partial charge is 0.356 e. The summed E-state index contributed by atoms with van der Waals surface area (Å²) in [6, 6.07) is 1.63. The summed E-state index contributed by atoms with van der Waals surface area (Å²) in [5, 5.41) is 15.4. The fourth-order valence-corrected chi connectivity index (χ4v) is 2.15. The van der Waals surface area contributed by atoms with E-state index in [1.807, 2.05) is 7.05 Å². The van der Waals surface area contributed by atoms with E-state index in [0.29, 0.717) is 0 Å². The first-order valence-corrected chi connectivity index (χ1v) is 5.04. The van der Waals surface area contributed by atoms with Crippen molar-refractivity contribution in [1.29, 1.82) is 0 Å². The Hall–Kier alpha value is -1.36. The first-order valence-electron chi connectivity index (χ1n) is 5.04. The minimum absolute atomic E-state index is 0.0894. The Labute approximate surface area is 88.1 Å². The van der Waals surface area contributed by atoms with Gasteiger partial charge in [-0.25, -0.2) is 4.79 Å². The highest BCUT2D eigenvalue weighted by Crippen LogP contribution is 2.36. The maximum atomic E-state index is 10.7. The predicted octanol–water partition coefficient (Wildman–Crippen LogP) is 1.05. The highest BCUT2D eigenvalue weighted by Gasteiger charge is 2.37. The van der Waals surface area contributed by atoms with E-state index >= 15 is 0 Å². The zero-order valence-corrected chi connectivity index (χ0v) is 8.95. The molecule has 1 atom stereocenters. The van der Waals surface area contributed by atoms with Crippen LogP contribution in [-0.4, -0.2) is 39.8 Å². The van der Waals surface area contributed by atoms with E-state index in [0.717, 1.165) is 25.1 Å². The molecule has 0 amide bonds. The Morgan fingerprint density at radius 3 is 2.93 bits per heavy atom. The fourth-order valence-electron chi connectivity index (χ4n) is 2.15. The molecule has 1 aromatic rings. The van der Waals surface area contributed by atoms with Gasteiger partial charge in [-0.15, -0.1) is 0 Å². The summed E-state index contributed by atoms with van der Waals surface area (Å²) in [7, 11) is 2.05. The average molecular weight is 209 g/mol. The first kappa shape index (κ1) is 10.2. The first-order chi connectivity index (χ1) is 7.04. The van der Waals surface area contributed by atoms with E-state index in [9.17, 15) is 4.79 Å². The lowest BCUT2D eigenvalue weighted by Crippen LogP contribution is -2.35. The zero-order valence-electron chi connectivity index (χ0n) is 8.95. The van der Waals surface area contributed by atoms with Crippen LogP contribution in [0.5, 0.6) is 0 Å². The van der Waals surface area contributed by atoms with E-state index < -0.39 is 5.97 Å². The predicted molar refractivity (Wildman–Crippen MR) is 54.8 cm³/mol. The third-order valence-corrected chi connectivity index (χ3v) is 3.38. The van der Waals surface area contributed by atoms with Crippen molar-refractivity contribution in [2.75, 3.05) is 13.6 Å².